The second-order valence-corrected chi connectivity index (χ2v) is 3.53. The van der Waals surface area contributed by atoms with Gasteiger partial charge in [0.2, 0.25) is 0 Å². The molecule has 0 aromatic carbocycles. The van der Waals surface area contributed by atoms with Crippen LogP contribution in [0.5, 0.6) is 0 Å². The topological polar surface area (TPSA) is 29.3 Å². The summed E-state index contributed by atoms with van der Waals surface area (Å²) < 4.78 is 0. The third-order valence-corrected chi connectivity index (χ3v) is 2.10. The number of nitrogens with zero attached hydrogens (tertiary/aromatic N) is 1. The van der Waals surface area contributed by atoms with Gasteiger partial charge in [0, 0.05) is 12.6 Å². The van der Waals surface area contributed by atoms with E-state index in [1.54, 1.807) is 5.01 Å². The molecule has 0 aliphatic carbocycles. The van der Waals surface area contributed by atoms with Gasteiger partial charge in [-0.3, -0.25) is 5.84 Å². The van der Waals surface area contributed by atoms with Crippen molar-refractivity contribution in [2.75, 3.05) is 7.05 Å². The number of hydrogen-bond donors (Lipinski definition) is 1. The van der Waals surface area contributed by atoms with Gasteiger partial charge < -0.3 is 0 Å². The lowest BCUT2D eigenvalue weighted by Gasteiger charge is -2.31. The molecule has 0 heterocycles. The first kappa shape index (κ1) is 14.4. The average molecular weight is 174 g/mol. The molecule has 2 nitrogen and oxygen atoms in total. The number of nitrogens with two attached hydrogens (primary N) is 1. The van der Waals surface area contributed by atoms with Crippen LogP contribution in [-0.2, 0) is 0 Å². The van der Waals surface area contributed by atoms with Crippen molar-refractivity contribution in [1.29, 1.82) is 0 Å². The molecule has 0 fully saturated rings. The summed E-state index contributed by atoms with van der Waals surface area (Å²) in [5, 5.41) is 1.79. The Bertz CT molecular complexity index is 87.8. The molecule has 0 saturated carbocycles. The van der Waals surface area contributed by atoms with Crippen molar-refractivity contribution in [3.63, 3.8) is 0 Å². The standard InChI is InChI=1S/C8H20N2.C2H6/c1-5-6-7-8(2,3)10(4)9;1-2/h5-7,9H2,1-4H3;1-2H3. The third-order valence-electron chi connectivity index (χ3n) is 2.10. The van der Waals surface area contributed by atoms with Crippen LogP contribution in [0.3, 0.4) is 0 Å². The molecule has 0 aromatic rings. The van der Waals surface area contributed by atoms with Crippen LogP contribution in [0.25, 0.3) is 0 Å². The van der Waals surface area contributed by atoms with Gasteiger partial charge in [-0.15, -0.1) is 0 Å². The van der Waals surface area contributed by atoms with Crippen molar-refractivity contribution in [1.82, 2.24) is 5.01 Å². The lowest BCUT2D eigenvalue weighted by molar-refractivity contribution is 0.145. The normalized spacial score (nSPS) is 11.0. The molecule has 2 heteroatoms. The highest BCUT2D eigenvalue weighted by Crippen LogP contribution is 2.16. The van der Waals surface area contributed by atoms with E-state index < -0.39 is 0 Å². The minimum Gasteiger partial charge on any atom is -0.269 e. The van der Waals surface area contributed by atoms with Crippen molar-refractivity contribution in [2.45, 2.75) is 59.4 Å². The lowest BCUT2D eigenvalue weighted by atomic mass is 9.97. The van der Waals surface area contributed by atoms with E-state index in [4.69, 9.17) is 5.84 Å². The SMILES string of the molecule is CC.CCCCC(C)(C)N(C)N. The molecule has 0 saturated heterocycles. The fourth-order valence-corrected chi connectivity index (χ4v) is 0.786. The van der Waals surface area contributed by atoms with E-state index in [0.29, 0.717) is 0 Å². The highest BCUT2D eigenvalue weighted by Gasteiger charge is 2.19. The van der Waals surface area contributed by atoms with Crippen LogP contribution in [0.2, 0.25) is 0 Å². The van der Waals surface area contributed by atoms with Gasteiger partial charge in [-0.1, -0.05) is 33.6 Å². The first-order chi connectivity index (χ1) is 5.50. The molecule has 0 bridgehead atoms. The molecule has 0 amide bonds. The first-order valence-electron chi connectivity index (χ1n) is 4.99. The minimum absolute atomic E-state index is 0.163. The Labute approximate surface area is 78.1 Å². The third kappa shape index (κ3) is 6.62. The maximum absolute atomic E-state index is 5.64. The molecule has 0 spiro atoms. The van der Waals surface area contributed by atoms with E-state index in [2.05, 4.69) is 20.8 Å². The largest absolute Gasteiger partial charge is 0.269 e. The fourth-order valence-electron chi connectivity index (χ4n) is 0.786. The average Bonchev–Trinajstić information content (AvgIpc) is 2.04. The van der Waals surface area contributed by atoms with Gasteiger partial charge in [0.25, 0.3) is 0 Å². The molecule has 0 unspecified atom stereocenters. The van der Waals surface area contributed by atoms with Gasteiger partial charge in [0.05, 0.1) is 0 Å². The maximum Gasteiger partial charge on any atom is 0.0292 e. The number of unbranched alkanes of at least 4 members (excludes halogenated alkanes) is 1. The maximum atomic E-state index is 5.64. The Balaban J connectivity index is 0. The highest BCUT2D eigenvalue weighted by molar-refractivity contribution is 4.74. The van der Waals surface area contributed by atoms with Crippen molar-refractivity contribution < 1.29 is 0 Å². The zero-order valence-electron chi connectivity index (χ0n) is 9.65. The summed E-state index contributed by atoms with van der Waals surface area (Å²) in [6.07, 6.45) is 3.68. The van der Waals surface area contributed by atoms with Crippen LogP contribution in [0, 0.1) is 0 Å². The van der Waals surface area contributed by atoms with Crippen molar-refractivity contribution >= 4 is 0 Å². The molecule has 2 N–H and O–H groups in total. The van der Waals surface area contributed by atoms with E-state index in [-0.39, 0.29) is 5.54 Å². The second-order valence-electron chi connectivity index (χ2n) is 3.53. The smallest absolute Gasteiger partial charge is 0.0292 e. The molecule has 12 heavy (non-hydrogen) atoms. The molecular weight excluding hydrogens is 148 g/mol. The van der Waals surface area contributed by atoms with Crippen LogP contribution in [0.4, 0.5) is 0 Å². The molecule has 0 aliphatic rings. The summed E-state index contributed by atoms with van der Waals surface area (Å²) in [6.45, 7) is 10.5. The van der Waals surface area contributed by atoms with Gasteiger partial charge in [-0.05, 0) is 20.3 Å². The number of hydrogen-bond acceptors (Lipinski definition) is 2. The lowest BCUT2D eigenvalue weighted by Crippen LogP contribution is -2.45. The molecule has 0 rings (SSSR count). The highest BCUT2D eigenvalue weighted by atomic mass is 15.4. The number of hydrazine groups is 1. The fraction of sp³-hybridized carbons (Fsp3) is 1.00. The van der Waals surface area contributed by atoms with Gasteiger partial charge in [-0.2, -0.15) is 0 Å². The molecular formula is C10H26N2. The zero-order chi connectivity index (χ0) is 10.2. The van der Waals surface area contributed by atoms with Gasteiger partial charge >= 0.3 is 0 Å². The van der Waals surface area contributed by atoms with Crippen molar-refractivity contribution in [3.05, 3.63) is 0 Å². The summed E-state index contributed by atoms with van der Waals surface area (Å²) in [6, 6.07) is 0. The van der Waals surface area contributed by atoms with Gasteiger partial charge in [0.15, 0.2) is 0 Å². The van der Waals surface area contributed by atoms with E-state index in [0.717, 1.165) is 0 Å². The molecule has 0 aromatic heterocycles. The zero-order valence-corrected chi connectivity index (χ0v) is 9.65. The van der Waals surface area contributed by atoms with Crippen LogP contribution in [-0.4, -0.2) is 17.6 Å². The van der Waals surface area contributed by atoms with Gasteiger partial charge in [-0.25, -0.2) is 5.01 Å². The summed E-state index contributed by atoms with van der Waals surface area (Å²) >= 11 is 0. The quantitative estimate of drug-likeness (QED) is 0.524. The van der Waals surface area contributed by atoms with E-state index in [1.807, 2.05) is 20.9 Å². The van der Waals surface area contributed by atoms with Crippen molar-refractivity contribution in [3.8, 4) is 0 Å². The molecule has 0 radical (unpaired) electrons. The summed E-state index contributed by atoms with van der Waals surface area (Å²) in [7, 11) is 1.93. The predicted molar refractivity (Wildman–Crippen MR) is 56.9 cm³/mol. The number of rotatable bonds is 4. The second kappa shape index (κ2) is 7.56. The van der Waals surface area contributed by atoms with Crippen LogP contribution in [0.15, 0.2) is 0 Å². The van der Waals surface area contributed by atoms with Crippen LogP contribution >= 0.6 is 0 Å². The Kier molecular flexibility index (Phi) is 9.10. The van der Waals surface area contributed by atoms with E-state index in [9.17, 15) is 0 Å². The van der Waals surface area contributed by atoms with Crippen LogP contribution < -0.4 is 5.84 Å². The van der Waals surface area contributed by atoms with Crippen LogP contribution in [0.1, 0.15) is 53.9 Å². The summed E-state index contributed by atoms with van der Waals surface area (Å²) in [5.41, 5.74) is 0.163. The Morgan fingerprint density at radius 3 is 1.92 bits per heavy atom. The Morgan fingerprint density at radius 1 is 1.25 bits per heavy atom. The summed E-state index contributed by atoms with van der Waals surface area (Å²) in [4.78, 5) is 0. The molecule has 0 atom stereocenters. The monoisotopic (exact) mass is 174 g/mol. The minimum atomic E-state index is 0.163. The predicted octanol–water partition coefficient (Wildman–Crippen LogP) is 2.79. The Morgan fingerprint density at radius 2 is 1.67 bits per heavy atom. The van der Waals surface area contributed by atoms with E-state index in [1.165, 1.54) is 19.3 Å². The molecule has 0 aliphatic heterocycles. The summed E-state index contributed by atoms with van der Waals surface area (Å²) in [5.74, 6) is 5.64. The Hall–Kier alpha value is -0.0800. The molecule has 76 valence electrons. The van der Waals surface area contributed by atoms with Crippen molar-refractivity contribution in [2.24, 2.45) is 5.84 Å². The van der Waals surface area contributed by atoms with E-state index >= 15 is 0 Å². The first-order valence-corrected chi connectivity index (χ1v) is 4.99. The van der Waals surface area contributed by atoms with Gasteiger partial charge in [0.1, 0.15) is 0 Å².